The van der Waals surface area contributed by atoms with Crippen LogP contribution >= 0.6 is 15.2 Å². The number of hydrogen-bond acceptors (Lipinski definition) is 7. The Labute approximate surface area is 169 Å². The molecule has 1 aromatic rings. The summed E-state index contributed by atoms with van der Waals surface area (Å²) in [5.74, 6) is 0. The van der Waals surface area contributed by atoms with Gasteiger partial charge in [0.25, 0.3) is 0 Å². The number of hydrogen-bond donors (Lipinski definition) is 0. The summed E-state index contributed by atoms with van der Waals surface area (Å²) in [4.78, 5) is 1.77. The molecule has 162 valence electrons. The summed E-state index contributed by atoms with van der Waals surface area (Å²) in [6.45, 7) is 14.1. The van der Waals surface area contributed by atoms with Crippen molar-refractivity contribution in [3.05, 3.63) is 28.8 Å². The topological polar surface area (TPSA) is 74.3 Å². The van der Waals surface area contributed by atoms with Gasteiger partial charge in [-0.15, -0.1) is 0 Å². The van der Waals surface area contributed by atoms with Gasteiger partial charge in [-0.1, -0.05) is 17.7 Å². The van der Waals surface area contributed by atoms with E-state index >= 15 is 0 Å². The standard InChI is InChI=1S/C19H35NO6P2/c1-8-23-27(21,24-9-2)14-20(15-28(22,25-10-3)26-11-4)19-17(6)12-16(5)13-18(19)7/h12-13H,8-11,14-15H2,1-7H3. The first-order valence-corrected chi connectivity index (χ1v) is 13.2. The Bertz CT molecular complexity index is 649. The molecule has 1 aromatic carbocycles. The lowest BCUT2D eigenvalue weighted by Crippen LogP contribution is -2.29. The molecule has 0 aliphatic heterocycles. The summed E-state index contributed by atoms with van der Waals surface area (Å²) >= 11 is 0. The lowest BCUT2D eigenvalue weighted by molar-refractivity contribution is 0.216. The second-order valence-corrected chi connectivity index (χ2v) is 10.5. The molecular formula is C19H35NO6P2. The molecule has 0 heterocycles. The monoisotopic (exact) mass is 435 g/mol. The van der Waals surface area contributed by atoms with Crippen LogP contribution in [0.4, 0.5) is 5.69 Å². The average Bonchev–Trinajstić information content (AvgIpc) is 2.54. The molecule has 0 N–H and O–H groups in total. The number of aryl methyl sites for hydroxylation is 3. The highest BCUT2D eigenvalue weighted by Crippen LogP contribution is 2.54. The fraction of sp³-hybridized carbons (Fsp3) is 0.684. The first-order valence-electron chi connectivity index (χ1n) is 9.72. The van der Waals surface area contributed by atoms with E-state index in [1.54, 1.807) is 32.6 Å². The minimum atomic E-state index is -3.42. The zero-order valence-corrected chi connectivity index (χ0v) is 20.0. The summed E-state index contributed by atoms with van der Waals surface area (Å²) in [5.41, 5.74) is 3.92. The molecule has 9 heteroatoms. The van der Waals surface area contributed by atoms with Crippen molar-refractivity contribution in [1.29, 1.82) is 0 Å². The van der Waals surface area contributed by atoms with Crippen molar-refractivity contribution in [2.24, 2.45) is 0 Å². The lowest BCUT2D eigenvalue weighted by atomic mass is 10.0. The molecule has 0 aliphatic carbocycles. The van der Waals surface area contributed by atoms with E-state index in [1.165, 1.54) is 0 Å². The van der Waals surface area contributed by atoms with E-state index < -0.39 is 15.2 Å². The van der Waals surface area contributed by atoms with Crippen LogP contribution < -0.4 is 4.90 Å². The molecule has 1 rings (SSSR count). The van der Waals surface area contributed by atoms with Crippen molar-refractivity contribution < 1.29 is 27.2 Å². The fourth-order valence-corrected chi connectivity index (χ4v) is 6.83. The lowest BCUT2D eigenvalue weighted by Gasteiger charge is -2.33. The summed E-state index contributed by atoms with van der Waals surface area (Å²) in [6.07, 6.45) is -0.0763. The van der Waals surface area contributed by atoms with Gasteiger partial charge in [-0.2, -0.15) is 0 Å². The van der Waals surface area contributed by atoms with E-state index in [2.05, 4.69) is 0 Å². The third kappa shape index (κ3) is 7.29. The number of nitrogens with zero attached hydrogens (tertiary/aromatic N) is 1. The van der Waals surface area contributed by atoms with Gasteiger partial charge in [0.1, 0.15) is 12.6 Å². The van der Waals surface area contributed by atoms with Crippen LogP contribution in [0.2, 0.25) is 0 Å². The maximum absolute atomic E-state index is 13.2. The molecule has 0 aliphatic rings. The SMILES string of the molecule is CCOP(=O)(CN(CP(=O)(OCC)OCC)c1c(C)cc(C)cc1C)OCC. The van der Waals surface area contributed by atoms with Crippen molar-refractivity contribution in [3.8, 4) is 0 Å². The Morgan fingerprint density at radius 1 is 0.714 bits per heavy atom. The fourth-order valence-electron chi connectivity index (χ4n) is 3.30. The Balaban J connectivity index is 3.42. The molecule has 0 radical (unpaired) electrons. The summed E-state index contributed by atoms with van der Waals surface area (Å²) < 4.78 is 48.4. The van der Waals surface area contributed by atoms with Crippen molar-refractivity contribution in [2.75, 3.05) is 43.9 Å². The zero-order valence-electron chi connectivity index (χ0n) is 18.2. The van der Waals surface area contributed by atoms with Crippen LogP contribution in [0, 0.1) is 20.8 Å². The van der Waals surface area contributed by atoms with Gasteiger partial charge in [0.2, 0.25) is 0 Å². The van der Waals surface area contributed by atoms with Crippen LogP contribution in [0.15, 0.2) is 12.1 Å². The normalized spacial score (nSPS) is 12.4. The van der Waals surface area contributed by atoms with Gasteiger partial charge in [0.15, 0.2) is 0 Å². The van der Waals surface area contributed by atoms with Gasteiger partial charge >= 0.3 is 15.2 Å². The highest BCUT2D eigenvalue weighted by molar-refractivity contribution is 7.55. The Morgan fingerprint density at radius 2 is 1.04 bits per heavy atom. The smallest absolute Gasteiger partial charge is 0.347 e. The van der Waals surface area contributed by atoms with Crippen LogP contribution in [0.5, 0.6) is 0 Å². The molecule has 0 bridgehead atoms. The molecule has 0 amide bonds. The zero-order chi connectivity index (χ0) is 21.4. The molecule has 0 fully saturated rings. The van der Waals surface area contributed by atoms with Gasteiger partial charge < -0.3 is 23.0 Å². The molecule has 0 saturated carbocycles. The molecule has 28 heavy (non-hydrogen) atoms. The van der Waals surface area contributed by atoms with E-state index in [0.29, 0.717) is 0 Å². The van der Waals surface area contributed by atoms with E-state index in [1.807, 2.05) is 32.9 Å². The highest BCUT2D eigenvalue weighted by Gasteiger charge is 2.34. The number of rotatable bonds is 13. The molecule has 0 saturated heterocycles. The van der Waals surface area contributed by atoms with Gasteiger partial charge in [-0.25, -0.2) is 0 Å². The van der Waals surface area contributed by atoms with E-state index in [0.717, 1.165) is 22.4 Å². The maximum Gasteiger partial charge on any atom is 0.349 e. The van der Waals surface area contributed by atoms with Crippen LogP contribution in [0.3, 0.4) is 0 Å². The Kier molecular flexibility index (Phi) is 10.4. The molecule has 0 atom stereocenters. The Morgan fingerprint density at radius 3 is 1.32 bits per heavy atom. The first-order chi connectivity index (χ1) is 13.1. The maximum atomic E-state index is 13.2. The van der Waals surface area contributed by atoms with Crippen molar-refractivity contribution in [1.82, 2.24) is 0 Å². The van der Waals surface area contributed by atoms with E-state index in [9.17, 15) is 9.13 Å². The van der Waals surface area contributed by atoms with Gasteiger partial charge in [0.05, 0.1) is 26.4 Å². The van der Waals surface area contributed by atoms with Gasteiger partial charge in [0, 0.05) is 5.69 Å². The summed E-state index contributed by atoms with van der Waals surface area (Å²) in [5, 5.41) is 0. The third-order valence-electron chi connectivity index (χ3n) is 3.94. The van der Waals surface area contributed by atoms with Crippen molar-refractivity contribution in [2.45, 2.75) is 48.5 Å². The number of anilines is 1. The molecule has 0 unspecified atom stereocenters. The highest BCUT2D eigenvalue weighted by atomic mass is 31.2. The van der Waals surface area contributed by atoms with Crippen LogP contribution in [0.25, 0.3) is 0 Å². The van der Waals surface area contributed by atoms with Crippen molar-refractivity contribution >= 4 is 20.9 Å². The third-order valence-corrected chi connectivity index (χ3v) is 7.92. The quantitative estimate of drug-likeness (QED) is 0.359. The summed E-state index contributed by atoms with van der Waals surface area (Å²) in [7, 11) is -6.85. The minimum absolute atomic E-state index is 0.0381. The average molecular weight is 435 g/mol. The predicted molar refractivity (Wildman–Crippen MR) is 115 cm³/mol. The molecule has 0 aromatic heterocycles. The van der Waals surface area contributed by atoms with Crippen LogP contribution in [0.1, 0.15) is 44.4 Å². The van der Waals surface area contributed by atoms with Crippen LogP contribution in [-0.2, 0) is 27.2 Å². The second kappa shape index (κ2) is 11.5. The molecule has 7 nitrogen and oxygen atoms in total. The van der Waals surface area contributed by atoms with Crippen molar-refractivity contribution in [3.63, 3.8) is 0 Å². The molecule has 0 spiro atoms. The molecular weight excluding hydrogens is 400 g/mol. The first kappa shape index (κ1) is 25.4. The van der Waals surface area contributed by atoms with Gasteiger partial charge in [-0.3, -0.25) is 9.13 Å². The Hall–Kier alpha value is -0.680. The van der Waals surface area contributed by atoms with Gasteiger partial charge in [-0.05, 0) is 59.6 Å². The van der Waals surface area contributed by atoms with E-state index in [4.69, 9.17) is 18.1 Å². The number of benzene rings is 1. The minimum Gasteiger partial charge on any atom is -0.347 e. The predicted octanol–water partition coefficient (Wildman–Crippen LogP) is 5.87. The second-order valence-electron chi connectivity index (χ2n) is 6.46. The van der Waals surface area contributed by atoms with Crippen LogP contribution in [-0.4, -0.2) is 39.0 Å². The summed E-state index contributed by atoms with van der Waals surface area (Å²) in [6, 6.07) is 4.07. The largest absolute Gasteiger partial charge is 0.349 e. The van der Waals surface area contributed by atoms with E-state index in [-0.39, 0.29) is 39.0 Å².